The summed E-state index contributed by atoms with van der Waals surface area (Å²) in [5, 5.41) is 0. The average molecular weight is 318 g/mol. The summed E-state index contributed by atoms with van der Waals surface area (Å²) < 4.78 is 0. The van der Waals surface area contributed by atoms with Gasteiger partial charge in [-0.2, -0.15) is 0 Å². The SMILES string of the molecule is CCCCCCCc1ccc(C(=O)CCN(CC)CCC)cc1. The molecule has 0 amide bonds. The highest BCUT2D eigenvalue weighted by Crippen LogP contribution is 2.12. The minimum atomic E-state index is 0.272. The highest BCUT2D eigenvalue weighted by molar-refractivity contribution is 5.96. The van der Waals surface area contributed by atoms with Gasteiger partial charge in [0, 0.05) is 18.5 Å². The minimum absolute atomic E-state index is 0.272. The first kappa shape index (κ1) is 19.9. The highest BCUT2D eigenvalue weighted by Gasteiger charge is 2.08. The molecule has 0 bridgehead atoms. The third-order valence-corrected chi connectivity index (χ3v) is 4.49. The second-order valence-electron chi connectivity index (χ2n) is 6.47. The number of hydrogen-bond acceptors (Lipinski definition) is 2. The Kier molecular flexibility index (Phi) is 10.6. The number of unbranched alkanes of at least 4 members (excludes halogenated alkanes) is 4. The van der Waals surface area contributed by atoms with Crippen molar-refractivity contribution in [3.63, 3.8) is 0 Å². The van der Waals surface area contributed by atoms with E-state index in [2.05, 4.69) is 37.8 Å². The smallest absolute Gasteiger partial charge is 0.164 e. The molecule has 23 heavy (non-hydrogen) atoms. The summed E-state index contributed by atoms with van der Waals surface area (Å²) in [7, 11) is 0. The van der Waals surface area contributed by atoms with Crippen molar-refractivity contribution in [1.82, 2.24) is 4.90 Å². The van der Waals surface area contributed by atoms with E-state index in [0.29, 0.717) is 6.42 Å². The molecule has 0 heterocycles. The maximum atomic E-state index is 12.3. The molecule has 0 N–H and O–H groups in total. The first-order chi connectivity index (χ1) is 11.2. The maximum absolute atomic E-state index is 12.3. The zero-order valence-corrected chi connectivity index (χ0v) is 15.4. The molecule has 0 aliphatic carbocycles. The number of Topliss-reactive ketones (excluding diaryl/α,β-unsaturated/α-hetero) is 1. The van der Waals surface area contributed by atoms with Crippen molar-refractivity contribution < 1.29 is 4.79 Å². The van der Waals surface area contributed by atoms with E-state index in [-0.39, 0.29) is 5.78 Å². The van der Waals surface area contributed by atoms with Gasteiger partial charge >= 0.3 is 0 Å². The van der Waals surface area contributed by atoms with E-state index in [1.165, 1.54) is 37.7 Å². The van der Waals surface area contributed by atoms with Crippen molar-refractivity contribution >= 4 is 5.78 Å². The van der Waals surface area contributed by atoms with E-state index in [1.54, 1.807) is 0 Å². The third kappa shape index (κ3) is 8.31. The molecule has 0 unspecified atom stereocenters. The normalized spacial score (nSPS) is 11.1. The van der Waals surface area contributed by atoms with Crippen LogP contribution in [0.25, 0.3) is 0 Å². The van der Waals surface area contributed by atoms with E-state index in [0.717, 1.165) is 38.0 Å². The van der Waals surface area contributed by atoms with Crippen LogP contribution < -0.4 is 0 Å². The second kappa shape index (κ2) is 12.3. The van der Waals surface area contributed by atoms with Gasteiger partial charge in [-0.25, -0.2) is 0 Å². The summed E-state index contributed by atoms with van der Waals surface area (Å²) in [6.07, 6.45) is 9.48. The fourth-order valence-corrected chi connectivity index (χ4v) is 2.94. The number of carbonyl (C=O) groups excluding carboxylic acids is 1. The van der Waals surface area contributed by atoms with Gasteiger partial charge in [-0.3, -0.25) is 4.79 Å². The molecule has 1 aromatic carbocycles. The minimum Gasteiger partial charge on any atom is -0.303 e. The summed E-state index contributed by atoms with van der Waals surface area (Å²) in [6, 6.07) is 8.30. The number of benzene rings is 1. The maximum Gasteiger partial charge on any atom is 0.164 e. The first-order valence-corrected chi connectivity index (χ1v) is 9.55. The van der Waals surface area contributed by atoms with E-state index in [9.17, 15) is 4.79 Å². The van der Waals surface area contributed by atoms with Crippen molar-refractivity contribution in [2.75, 3.05) is 19.6 Å². The van der Waals surface area contributed by atoms with Crippen LogP contribution in [-0.2, 0) is 6.42 Å². The lowest BCUT2D eigenvalue weighted by molar-refractivity contribution is 0.0965. The number of aryl methyl sites for hydroxylation is 1. The van der Waals surface area contributed by atoms with Crippen molar-refractivity contribution in [1.29, 1.82) is 0 Å². The Morgan fingerprint density at radius 3 is 2.17 bits per heavy atom. The Balaban J connectivity index is 2.35. The fraction of sp³-hybridized carbons (Fsp3) is 0.667. The van der Waals surface area contributed by atoms with Crippen LogP contribution in [0.15, 0.2) is 24.3 Å². The van der Waals surface area contributed by atoms with Crippen LogP contribution >= 0.6 is 0 Å². The van der Waals surface area contributed by atoms with Crippen molar-refractivity contribution in [3.8, 4) is 0 Å². The molecule has 0 radical (unpaired) electrons. The van der Waals surface area contributed by atoms with Crippen molar-refractivity contribution in [2.24, 2.45) is 0 Å². The topological polar surface area (TPSA) is 20.3 Å². The summed E-state index contributed by atoms with van der Waals surface area (Å²) in [6.45, 7) is 9.58. The van der Waals surface area contributed by atoms with Crippen LogP contribution in [0.2, 0.25) is 0 Å². The van der Waals surface area contributed by atoms with Gasteiger partial charge in [0.2, 0.25) is 0 Å². The monoisotopic (exact) mass is 317 g/mol. The van der Waals surface area contributed by atoms with Gasteiger partial charge in [0.15, 0.2) is 5.78 Å². The third-order valence-electron chi connectivity index (χ3n) is 4.49. The molecule has 0 saturated heterocycles. The lowest BCUT2D eigenvalue weighted by atomic mass is 10.0. The molecular weight excluding hydrogens is 282 g/mol. The molecular formula is C21H35NO. The molecule has 1 rings (SSSR count). The lowest BCUT2D eigenvalue weighted by Crippen LogP contribution is -2.26. The predicted octanol–water partition coefficient (Wildman–Crippen LogP) is 5.50. The van der Waals surface area contributed by atoms with Crippen LogP contribution in [0.5, 0.6) is 0 Å². The molecule has 0 atom stereocenters. The van der Waals surface area contributed by atoms with Gasteiger partial charge in [0.1, 0.15) is 0 Å². The van der Waals surface area contributed by atoms with E-state index in [4.69, 9.17) is 0 Å². The van der Waals surface area contributed by atoms with Gasteiger partial charge in [-0.05, 0) is 37.9 Å². The van der Waals surface area contributed by atoms with Gasteiger partial charge in [0.05, 0.1) is 0 Å². The molecule has 0 aliphatic heterocycles. The highest BCUT2D eigenvalue weighted by atomic mass is 16.1. The zero-order valence-electron chi connectivity index (χ0n) is 15.4. The predicted molar refractivity (Wildman–Crippen MR) is 100 cm³/mol. The summed E-state index contributed by atoms with van der Waals surface area (Å²) >= 11 is 0. The number of nitrogens with zero attached hydrogens (tertiary/aromatic N) is 1. The number of rotatable bonds is 13. The van der Waals surface area contributed by atoms with Gasteiger partial charge < -0.3 is 4.90 Å². The fourth-order valence-electron chi connectivity index (χ4n) is 2.94. The van der Waals surface area contributed by atoms with Gasteiger partial charge in [-0.1, -0.05) is 70.7 Å². The number of ketones is 1. The second-order valence-corrected chi connectivity index (χ2v) is 6.47. The van der Waals surface area contributed by atoms with Crippen LogP contribution in [0.4, 0.5) is 0 Å². The molecule has 0 saturated carbocycles. The molecule has 1 aromatic rings. The average Bonchev–Trinajstić information content (AvgIpc) is 2.58. The quantitative estimate of drug-likeness (QED) is 0.353. The van der Waals surface area contributed by atoms with E-state index >= 15 is 0 Å². The Labute approximate surface area is 143 Å². The first-order valence-electron chi connectivity index (χ1n) is 9.55. The Bertz CT molecular complexity index is 424. The zero-order chi connectivity index (χ0) is 16.9. The molecule has 2 heteroatoms. The van der Waals surface area contributed by atoms with Crippen LogP contribution in [0.3, 0.4) is 0 Å². The largest absolute Gasteiger partial charge is 0.303 e. The molecule has 0 fully saturated rings. The van der Waals surface area contributed by atoms with E-state index < -0.39 is 0 Å². The number of carbonyl (C=O) groups is 1. The Morgan fingerprint density at radius 1 is 0.870 bits per heavy atom. The van der Waals surface area contributed by atoms with E-state index in [1.807, 2.05) is 12.1 Å². The van der Waals surface area contributed by atoms with Crippen LogP contribution in [-0.4, -0.2) is 30.3 Å². The summed E-state index contributed by atoms with van der Waals surface area (Å²) in [5.74, 6) is 0.272. The molecule has 0 spiro atoms. The molecule has 0 aliphatic rings. The summed E-state index contributed by atoms with van der Waals surface area (Å²) in [5.41, 5.74) is 2.23. The standard InChI is InChI=1S/C21H35NO/c1-4-7-8-9-10-11-19-12-14-20(15-13-19)21(23)16-18-22(6-3)17-5-2/h12-15H,4-11,16-18H2,1-3H3. The number of hydrogen-bond donors (Lipinski definition) is 0. The lowest BCUT2D eigenvalue weighted by Gasteiger charge is -2.18. The van der Waals surface area contributed by atoms with Gasteiger partial charge in [0.25, 0.3) is 0 Å². The molecule has 130 valence electrons. The van der Waals surface area contributed by atoms with Crippen molar-refractivity contribution in [3.05, 3.63) is 35.4 Å². The molecule has 0 aromatic heterocycles. The Morgan fingerprint density at radius 2 is 1.57 bits per heavy atom. The molecule has 2 nitrogen and oxygen atoms in total. The van der Waals surface area contributed by atoms with Crippen LogP contribution in [0.1, 0.15) is 81.6 Å². The Hall–Kier alpha value is -1.15. The van der Waals surface area contributed by atoms with Crippen LogP contribution in [0, 0.1) is 0 Å². The van der Waals surface area contributed by atoms with Crippen molar-refractivity contribution in [2.45, 2.75) is 72.1 Å². The van der Waals surface area contributed by atoms with Gasteiger partial charge in [-0.15, -0.1) is 0 Å². The summed E-state index contributed by atoms with van der Waals surface area (Å²) in [4.78, 5) is 14.6.